The van der Waals surface area contributed by atoms with Crippen LogP contribution in [0.1, 0.15) is 13.3 Å². The van der Waals surface area contributed by atoms with Gasteiger partial charge in [0.05, 0.1) is 16.8 Å². The molecular formula is C15H23ClN4O. The van der Waals surface area contributed by atoms with E-state index in [0.29, 0.717) is 10.7 Å². The lowest BCUT2D eigenvalue weighted by Gasteiger charge is -2.24. The highest BCUT2D eigenvalue weighted by Gasteiger charge is 2.16. The summed E-state index contributed by atoms with van der Waals surface area (Å²) < 4.78 is 0. The number of nitrogens with zero attached hydrogens (tertiary/aromatic N) is 2. The fourth-order valence-corrected chi connectivity index (χ4v) is 2.68. The van der Waals surface area contributed by atoms with Gasteiger partial charge >= 0.3 is 0 Å². The van der Waals surface area contributed by atoms with Crippen LogP contribution in [0.2, 0.25) is 5.02 Å². The van der Waals surface area contributed by atoms with E-state index in [1.54, 1.807) is 13.0 Å². The summed E-state index contributed by atoms with van der Waals surface area (Å²) in [5.74, 6) is -0.213. The molecule has 116 valence electrons. The van der Waals surface area contributed by atoms with Gasteiger partial charge in [-0.25, -0.2) is 0 Å². The van der Waals surface area contributed by atoms with Crippen LogP contribution in [0.3, 0.4) is 0 Å². The smallest absolute Gasteiger partial charge is 0.240 e. The quantitative estimate of drug-likeness (QED) is 0.893. The molecule has 0 bridgehead atoms. The minimum atomic E-state index is -0.537. The zero-order chi connectivity index (χ0) is 15.4. The summed E-state index contributed by atoms with van der Waals surface area (Å²) >= 11 is 6.38. The molecule has 1 fully saturated rings. The first kappa shape index (κ1) is 16.1. The zero-order valence-electron chi connectivity index (χ0n) is 12.6. The van der Waals surface area contributed by atoms with Gasteiger partial charge in [0.2, 0.25) is 5.91 Å². The Morgan fingerprint density at radius 3 is 2.76 bits per heavy atom. The van der Waals surface area contributed by atoms with E-state index in [-0.39, 0.29) is 5.91 Å². The average Bonchev–Trinajstić information content (AvgIpc) is 2.64. The molecule has 1 aromatic rings. The molecule has 1 saturated heterocycles. The van der Waals surface area contributed by atoms with Crippen molar-refractivity contribution in [3.05, 3.63) is 23.2 Å². The van der Waals surface area contributed by atoms with Crippen LogP contribution in [0.15, 0.2) is 18.2 Å². The van der Waals surface area contributed by atoms with Crippen molar-refractivity contribution in [1.29, 1.82) is 0 Å². The molecule has 2 rings (SSSR count). The lowest BCUT2D eigenvalue weighted by Crippen LogP contribution is -2.32. The second-order valence-electron chi connectivity index (χ2n) is 5.59. The predicted octanol–water partition coefficient (Wildman–Crippen LogP) is 1.77. The first-order valence-corrected chi connectivity index (χ1v) is 7.64. The maximum Gasteiger partial charge on any atom is 0.240 e. The van der Waals surface area contributed by atoms with E-state index in [2.05, 4.69) is 22.2 Å². The van der Waals surface area contributed by atoms with Crippen molar-refractivity contribution in [1.82, 2.24) is 4.90 Å². The number of rotatable bonds is 3. The summed E-state index contributed by atoms with van der Waals surface area (Å²) in [6, 6.07) is 5.08. The van der Waals surface area contributed by atoms with Gasteiger partial charge in [0.15, 0.2) is 0 Å². The number of nitrogens with two attached hydrogens (primary N) is 1. The summed E-state index contributed by atoms with van der Waals surface area (Å²) in [7, 11) is 2.14. The minimum Gasteiger partial charge on any atom is -0.369 e. The van der Waals surface area contributed by atoms with E-state index in [1.165, 1.54) is 0 Å². The van der Waals surface area contributed by atoms with E-state index in [9.17, 15) is 4.79 Å². The summed E-state index contributed by atoms with van der Waals surface area (Å²) in [4.78, 5) is 16.2. The molecule has 0 spiro atoms. The Balaban J connectivity index is 2.10. The average molecular weight is 311 g/mol. The van der Waals surface area contributed by atoms with Gasteiger partial charge in [0.1, 0.15) is 0 Å². The van der Waals surface area contributed by atoms with Crippen molar-refractivity contribution >= 4 is 28.9 Å². The van der Waals surface area contributed by atoms with Gasteiger partial charge in [-0.2, -0.15) is 0 Å². The van der Waals surface area contributed by atoms with Crippen LogP contribution in [0, 0.1) is 0 Å². The molecular weight excluding hydrogens is 288 g/mol. The predicted molar refractivity (Wildman–Crippen MR) is 88.1 cm³/mol. The molecule has 3 N–H and O–H groups in total. The molecule has 1 atom stereocenters. The largest absolute Gasteiger partial charge is 0.369 e. The van der Waals surface area contributed by atoms with Gasteiger partial charge < -0.3 is 20.9 Å². The molecule has 1 aromatic carbocycles. The van der Waals surface area contributed by atoms with Crippen molar-refractivity contribution < 1.29 is 4.79 Å². The number of anilines is 2. The van der Waals surface area contributed by atoms with E-state index >= 15 is 0 Å². The van der Waals surface area contributed by atoms with Crippen molar-refractivity contribution in [2.24, 2.45) is 5.73 Å². The fraction of sp³-hybridized carbons (Fsp3) is 0.533. The second kappa shape index (κ2) is 7.11. The first-order valence-electron chi connectivity index (χ1n) is 7.27. The molecule has 21 heavy (non-hydrogen) atoms. The van der Waals surface area contributed by atoms with Crippen LogP contribution in [0.25, 0.3) is 0 Å². The summed E-state index contributed by atoms with van der Waals surface area (Å²) in [5.41, 5.74) is 7.24. The lowest BCUT2D eigenvalue weighted by atomic mass is 10.2. The fourth-order valence-electron chi connectivity index (χ4n) is 2.38. The molecule has 0 radical (unpaired) electrons. The van der Waals surface area contributed by atoms with Crippen LogP contribution in [-0.2, 0) is 4.79 Å². The molecule has 1 aliphatic heterocycles. The zero-order valence-corrected chi connectivity index (χ0v) is 13.4. The number of nitrogens with one attached hydrogen (secondary N) is 1. The van der Waals surface area contributed by atoms with Gasteiger partial charge in [0.25, 0.3) is 0 Å². The topological polar surface area (TPSA) is 61.6 Å². The van der Waals surface area contributed by atoms with Crippen molar-refractivity contribution in [2.45, 2.75) is 19.4 Å². The molecule has 1 amide bonds. The summed E-state index contributed by atoms with van der Waals surface area (Å²) in [6.45, 7) is 5.74. The van der Waals surface area contributed by atoms with Gasteiger partial charge in [0, 0.05) is 25.3 Å². The van der Waals surface area contributed by atoms with E-state index in [1.807, 2.05) is 12.1 Å². The van der Waals surface area contributed by atoms with Crippen LogP contribution in [0.4, 0.5) is 11.4 Å². The molecule has 0 aromatic heterocycles. The molecule has 5 nitrogen and oxygen atoms in total. The number of hydrogen-bond acceptors (Lipinski definition) is 4. The molecule has 1 aliphatic rings. The molecule has 1 heterocycles. The number of carbonyl (C=O) groups is 1. The monoisotopic (exact) mass is 310 g/mol. The number of likely N-dealkylation sites (N-methyl/N-ethyl adjacent to an activating group) is 1. The maximum absolute atomic E-state index is 11.6. The number of halogens is 1. The first-order chi connectivity index (χ1) is 9.97. The molecule has 0 aliphatic carbocycles. The van der Waals surface area contributed by atoms with Crippen molar-refractivity contribution in [3.8, 4) is 0 Å². The number of hydrogen-bond donors (Lipinski definition) is 2. The molecule has 6 heteroatoms. The van der Waals surface area contributed by atoms with E-state index in [4.69, 9.17) is 17.3 Å². The Morgan fingerprint density at radius 2 is 2.10 bits per heavy atom. The van der Waals surface area contributed by atoms with Crippen molar-refractivity contribution in [3.63, 3.8) is 0 Å². The second-order valence-corrected chi connectivity index (χ2v) is 6.00. The number of benzene rings is 1. The Kier molecular flexibility index (Phi) is 5.45. The standard InChI is InChI=1S/C15H23ClN4O/c1-11(17)15(21)18-12-4-5-14(13(16)10-12)20-7-3-6-19(2)8-9-20/h4-5,10-11H,3,6-9,17H2,1-2H3,(H,18,21). The van der Waals surface area contributed by atoms with Crippen LogP contribution >= 0.6 is 11.6 Å². The number of carbonyl (C=O) groups excluding carboxylic acids is 1. The Labute approximate surface area is 131 Å². The van der Waals surface area contributed by atoms with Gasteiger partial charge in [-0.05, 0) is 45.1 Å². The normalized spacial score (nSPS) is 18.2. The Hall–Kier alpha value is -1.30. The molecule has 1 unspecified atom stereocenters. The summed E-state index contributed by atoms with van der Waals surface area (Å²) in [6.07, 6.45) is 1.12. The van der Waals surface area contributed by atoms with E-state index < -0.39 is 6.04 Å². The van der Waals surface area contributed by atoms with Crippen LogP contribution in [0.5, 0.6) is 0 Å². The Bertz CT molecular complexity index is 506. The van der Waals surface area contributed by atoms with Crippen molar-refractivity contribution in [2.75, 3.05) is 43.4 Å². The highest BCUT2D eigenvalue weighted by Crippen LogP contribution is 2.29. The number of amides is 1. The third-order valence-electron chi connectivity index (χ3n) is 3.69. The van der Waals surface area contributed by atoms with Crippen LogP contribution in [-0.4, -0.2) is 50.1 Å². The van der Waals surface area contributed by atoms with Crippen LogP contribution < -0.4 is 16.0 Å². The van der Waals surface area contributed by atoms with Gasteiger partial charge in [-0.1, -0.05) is 11.6 Å². The third-order valence-corrected chi connectivity index (χ3v) is 3.99. The highest BCUT2D eigenvalue weighted by molar-refractivity contribution is 6.33. The van der Waals surface area contributed by atoms with Gasteiger partial charge in [-0.3, -0.25) is 4.79 Å². The third kappa shape index (κ3) is 4.33. The minimum absolute atomic E-state index is 0.213. The SMILES string of the molecule is CC(N)C(=O)Nc1ccc(N2CCCN(C)CC2)c(Cl)c1. The van der Waals surface area contributed by atoms with E-state index in [0.717, 1.165) is 38.3 Å². The lowest BCUT2D eigenvalue weighted by molar-refractivity contribution is -0.117. The summed E-state index contributed by atoms with van der Waals surface area (Å²) in [5, 5.41) is 3.41. The Morgan fingerprint density at radius 1 is 1.33 bits per heavy atom. The maximum atomic E-state index is 11.6. The van der Waals surface area contributed by atoms with Gasteiger partial charge in [-0.15, -0.1) is 0 Å². The highest BCUT2D eigenvalue weighted by atomic mass is 35.5. The molecule has 0 saturated carbocycles.